The number of ether oxygens (including phenoxy) is 4. The number of esters is 1. The van der Waals surface area contributed by atoms with Crippen LogP contribution in [0.4, 0.5) is 5.69 Å². The fourth-order valence-corrected chi connectivity index (χ4v) is 4.11. The molecule has 1 aliphatic heterocycles. The molecule has 0 saturated heterocycles. The van der Waals surface area contributed by atoms with E-state index < -0.39 is 11.5 Å². The van der Waals surface area contributed by atoms with Crippen molar-refractivity contribution in [1.29, 1.82) is 0 Å². The predicted molar refractivity (Wildman–Crippen MR) is 128 cm³/mol. The summed E-state index contributed by atoms with van der Waals surface area (Å²) in [6, 6.07) is 21.0. The van der Waals surface area contributed by atoms with Crippen molar-refractivity contribution in [2.45, 2.75) is 12.5 Å². The van der Waals surface area contributed by atoms with Crippen LogP contribution in [0.25, 0.3) is 5.57 Å². The van der Waals surface area contributed by atoms with Crippen molar-refractivity contribution in [2.75, 3.05) is 33.3 Å². The number of rotatable bonds is 7. The normalized spacial score (nSPS) is 16.7. The first-order chi connectivity index (χ1) is 16.1. The Kier molecular flexibility index (Phi) is 6.27. The second-order valence-electron chi connectivity index (χ2n) is 7.56. The van der Waals surface area contributed by atoms with E-state index in [1.165, 1.54) is 0 Å². The predicted octanol–water partition coefficient (Wildman–Crippen LogP) is 5.03. The van der Waals surface area contributed by atoms with E-state index in [1.54, 1.807) is 28.3 Å². The Morgan fingerprint density at radius 1 is 0.879 bits per heavy atom. The molecule has 0 fully saturated rings. The number of anilines is 1. The summed E-state index contributed by atoms with van der Waals surface area (Å²) in [5.74, 6) is 1.54. The molecule has 0 bridgehead atoms. The minimum Gasteiger partial charge on any atom is -0.497 e. The van der Waals surface area contributed by atoms with Gasteiger partial charge in [-0.05, 0) is 41.8 Å². The van der Waals surface area contributed by atoms with Crippen molar-refractivity contribution < 1.29 is 23.7 Å². The van der Waals surface area contributed by atoms with E-state index in [0.717, 1.165) is 22.3 Å². The molecule has 0 aliphatic carbocycles. The molecule has 1 aliphatic rings. The molecule has 3 aromatic rings. The maximum Gasteiger partial charge on any atom is 0.340 e. The van der Waals surface area contributed by atoms with Crippen LogP contribution in [-0.2, 0) is 15.1 Å². The Hall–Kier alpha value is -3.93. The lowest BCUT2D eigenvalue weighted by atomic mass is 9.80. The van der Waals surface area contributed by atoms with Gasteiger partial charge in [0.25, 0.3) is 0 Å². The van der Waals surface area contributed by atoms with Crippen molar-refractivity contribution in [1.82, 2.24) is 0 Å². The summed E-state index contributed by atoms with van der Waals surface area (Å²) in [7, 11) is 4.82. The van der Waals surface area contributed by atoms with Gasteiger partial charge in [0.2, 0.25) is 0 Å². The Balaban J connectivity index is 2.03. The highest BCUT2D eigenvalue weighted by Crippen LogP contribution is 2.48. The van der Waals surface area contributed by atoms with Crippen LogP contribution in [0.1, 0.15) is 23.6 Å². The van der Waals surface area contributed by atoms with Crippen molar-refractivity contribution in [3.05, 3.63) is 89.5 Å². The van der Waals surface area contributed by atoms with Crippen LogP contribution in [0.3, 0.4) is 0 Å². The third-order valence-electron chi connectivity index (χ3n) is 5.72. The topological polar surface area (TPSA) is 66.0 Å². The standard InChI is InChI=1S/C27H27NO5/c1-5-33-26(29)27(19-11-13-20(30-2)14-12-19)17-22(18-9-7-6-8-10-18)25-23(28-27)15-21(31-3)16-24(25)32-4/h6-17,28H,5H2,1-4H3. The maximum absolute atomic E-state index is 13.5. The van der Waals surface area contributed by atoms with Gasteiger partial charge in [0, 0.05) is 17.7 Å². The SMILES string of the molecule is CCOC(=O)C1(c2ccc(OC)cc2)C=C(c2ccccc2)c2c(cc(OC)cc2OC)N1. The third kappa shape index (κ3) is 4.00. The molecule has 0 aromatic heterocycles. The lowest BCUT2D eigenvalue weighted by molar-refractivity contribution is -0.147. The highest BCUT2D eigenvalue weighted by molar-refractivity contribution is 6.01. The smallest absolute Gasteiger partial charge is 0.340 e. The first-order valence-corrected chi connectivity index (χ1v) is 10.7. The monoisotopic (exact) mass is 445 g/mol. The zero-order valence-corrected chi connectivity index (χ0v) is 19.2. The molecule has 1 N–H and O–H groups in total. The van der Waals surface area contributed by atoms with Crippen LogP contribution in [0.15, 0.2) is 72.8 Å². The van der Waals surface area contributed by atoms with Gasteiger partial charge in [-0.15, -0.1) is 0 Å². The van der Waals surface area contributed by atoms with Gasteiger partial charge in [0.1, 0.15) is 17.2 Å². The molecular formula is C27H27NO5. The summed E-state index contributed by atoms with van der Waals surface area (Å²) in [6.45, 7) is 2.05. The number of nitrogens with one attached hydrogen (secondary N) is 1. The fourth-order valence-electron chi connectivity index (χ4n) is 4.11. The van der Waals surface area contributed by atoms with Gasteiger partial charge >= 0.3 is 5.97 Å². The quantitative estimate of drug-likeness (QED) is 0.515. The molecule has 3 aromatic carbocycles. The Morgan fingerprint density at radius 2 is 1.58 bits per heavy atom. The van der Waals surface area contributed by atoms with E-state index in [9.17, 15) is 4.79 Å². The van der Waals surface area contributed by atoms with E-state index in [-0.39, 0.29) is 6.61 Å². The van der Waals surface area contributed by atoms with E-state index in [1.807, 2.05) is 72.8 Å². The van der Waals surface area contributed by atoms with Crippen molar-refractivity contribution in [2.24, 2.45) is 0 Å². The first kappa shape index (κ1) is 22.3. The summed E-state index contributed by atoms with van der Waals surface area (Å²) in [5, 5.41) is 3.45. The minimum absolute atomic E-state index is 0.251. The summed E-state index contributed by atoms with van der Waals surface area (Å²) in [5.41, 5.74) is 2.81. The van der Waals surface area contributed by atoms with Gasteiger partial charge < -0.3 is 24.3 Å². The summed E-state index contributed by atoms with van der Waals surface area (Å²) < 4.78 is 22.1. The molecule has 1 unspecified atom stereocenters. The lowest BCUT2D eigenvalue weighted by Crippen LogP contribution is -2.45. The molecule has 0 saturated carbocycles. The highest BCUT2D eigenvalue weighted by Gasteiger charge is 2.44. The highest BCUT2D eigenvalue weighted by atomic mass is 16.5. The van der Waals surface area contributed by atoms with Crippen LogP contribution < -0.4 is 19.5 Å². The van der Waals surface area contributed by atoms with Crippen molar-refractivity contribution in [3.63, 3.8) is 0 Å². The largest absolute Gasteiger partial charge is 0.497 e. The van der Waals surface area contributed by atoms with Gasteiger partial charge in [-0.1, -0.05) is 42.5 Å². The molecule has 33 heavy (non-hydrogen) atoms. The number of fused-ring (bicyclic) bond motifs is 1. The molecule has 0 spiro atoms. The second kappa shape index (κ2) is 9.28. The minimum atomic E-state index is -1.27. The number of hydrogen-bond acceptors (Lipinski definition) is 6. The van der Waals surface area contributed by atoms with Crippen LogP contribution in [0.2, 0.25) is 0 Å². The van der Waals surface area contributed by atoms with Gasteiger partial charge in [-0.2, -0.15) is 0 Å². The number of carbonyl (C=O) groups is 1. The molecule has 0 amide bonds. The zero-order valence-electron chi connectivity index (χ0n) is 19.2. The Morgan fingerprint density at radius 3 is 2.18 bits per heavy atom. The number of methoxy groups -OCH3 is 3. The van der Waals surface area contributed by atoms with Crippen LogP contribution >= 0.6 is 0 Å². The molecular weight excluding hydrogens is 418 g/mol. The number of hydrogen-bond donors (Lipinski definition) is 1. The van der Waals surface area contributed by atoms with Gasteiger partial charge in [-0.25, -0.2) is 4.79 Å². The molecule has 170 valence electrons. The zero-order chi connectivity index (χ0) is 23.4. The second-order valence-corrected chi connectivity index (χ2v) is 7.56. The number of benzene rings is 3. The van der Waals surface area contributed by atoms with Gasteiger partial charge in [-0.3, -0.25) is 0 Å². The molecule has 4 rings (SSSR count). The number of carbonyl (C=O) groups excluding carboxylic acids is 1. The van der Waals surface area contributed by atoms with Crippen molar-refractivity contribution >= 4 is 17.2 Å². The molecule has 6 heteroatoms. The van der Waals surface area contributed by atoms with E-state index in [0.29, 0.717) is 22.9 Å². The summed E-state index contributed by atoms with van der Waals surface area (Å²) >= 11 is 0. The third-order valence-corrected chi connectivity index (χ3v) is 5.72. The average molecular weight is 446 g/mol. The molecule has 1 heterocycles. The molecule has 1 atom stereocenters. The van der Waals surface area contributed by atoms with E-state index in [4.69, 9.17) is 18.9 Å². The summed E-state index contributed by atoms with van der Waals surface area (Å²) in [4.78, 5) is 13.5. The van der Waals surface area contributed by atoms with Gasteiger partial charge in [0.05, 0.1) is 33.6 Å². The van der Waals surface area contributed by atoms with E-state index >= 15 is 0 Å². The van der Waals surface area contributed by atoms with Crippen molar-refractivity contribution in [3.8, 4) is 17.2 Å². The molecule has 6 nitrogen and oxygen atoms in total. The van der Waals surface area contributed by atoms with Gasteiger partial charge in [0.15, 0.2) is 5.54 Å². The fraction of sp³-hybridized carbons (Fsp3) is 0.222. The summed E-state index contributed by atoms with van der Waals surface area (Å²) in [6.07, 6.45) is 1.92. The Bertz CT molecular complexity index is 1170. The lowest BCUT2D eigenvalue weighted by Gasteiger charge is -2.37. The van der Waals surface area contributed by atoms with Crippen LogP contribution in [-0.4, -0.2) is 33.9 Å². The first-order valence-electron chi connectivity index (χ1n) is 10.7. The van der Waals surface area contributed by atoms with Crippen LogP contribution in [0, 0.1) is 0 Å². The average Bonchev–Trinajstić information content (AvgIpc) is 2.87. The van der Waals surface area contributed by atoms with E-state index in [2.05, 4.69) is 5.32 Å². The Labute approximate surface area is 193 Å². The maximum atomic E-state index is 13.5. The molecule has 0 radical (unpaired) electrons. The van der Waals surface area contributed by atoms with Crippen LogP contribution in [0.5, 0.6) is 17.2 Å².